The smallest absolute Gasteiger partial charge is 0.00173 e. The first-order valence-electron chi connectivity index (χ1n) is 7.62. The van der Waals surface area contributed by atoms with Crippen LogP contribution in [0.15, 0.2) is 18.2 Å². The Labute approximate surface area is 111 Å². The number of rotatable bonds is 3. The molecule has 0 spiro atoms. The van der Waals surface area contributed by atoms with Crippen molar-refractivity contribution >= 4 is 0 Å². The Morgan fingerprint density at radius 2 is 1.72 bits per heavy atom. The lowest BCUT2D eigenvalue weighted by molar-refractivity contribution is 0.197. The van der Waals surface area contributed by atoms with E-state index in [-0.39, 0.29) is 0 Å². The Morgan fingerprint density at radius 3 is 2.50 bits per heavy atom. The Bertz CT molecular complexity index is 416. The van der Waals surface area contributed by atoms with Crippen molar-refractivity contribution in [3.8, 4) is 0 Å². The van der Waals surface area contributed by atoms with Crippen LogP contribution in [-0.4, -0.2) is 6.54 Å². The summed E-state index contributed by atoms with van der Waals surface area (Å²) in [5.74, 6) is 0. The molecule has 1 fully saturated rings. The van der Waals surface area contributed by atoms with Crippen LogP contribution in [0.5, 0.6) is 0 Å². The van der Waals surface area contributed by atoms with Gasteiger partial charge in [-0.25, -0.2) is 0 Å². The van der Waals surface area contributed by atoms with Gasteiger partial charge in [-0.3, -0.25) is 0 Å². The maximum absolute atomic E-state index is 6.10. The molecule has 3 rings (SSSR count). The molecule has 1 aromatic rings. The van der Waals surface area contributed by atoms with Gasteiger partial charge in [0.05, 0.1) is 0 Å². The van der Waals surface area contributed by atoms with E-state index in [1.165, 1.54) is 63.4 Å². The van der Waals surface area contributed by atoms with Crippen molar-refractivity contribution in [2.45, 2.75) is 57.8 Å². The third kappa shape index (κ3) is 2.33. The fourth-order valence-electron chi connectivity index (χ4n) is 3.92. The lowest BCUT2D eigenvalue weighted by Crippen LogP contribution is -2.34. The average molecular weight is 243 g/mol. The van der Waals surface area contributed by atoms with Gasteiger partial charge in [0.15, 0.2) is 0 Å². The largest absolute Gasteiger partial charge is 0.330 e. The molecule has 0 aliphatic heterocycles. The van der Waals surface area contributed by atoms with E-state index in [0.29, 0.717) is 5.41 Å². The molecule has 0 aromatic heterocycles. The van der Waals surface area contributed by atoms with E-state index >= 15 is 0 Å². The molecule has 0 unspecified atom stereocenters. The molecular weight excluding hydrogens is 218 g/mol. The molecule has 0 amide bonds. The second kappa shape index (κ2) is 5.05. The highest BCUT2D eigenvalue weighted by atomic mass is 14.6. The highest BCUT2D eigenvalue weighted by Crippen LogP contribution is 2.38. The predicted molar refractivity (Wildman–Crippen MR) is 76.7 cm³/mol. The summed E-state index contributed by atoms with van der Waals surface area (Å²) in [6.07, 6.45) is 12.0. The van der Waals surface area contributed by atoms with Crippen molar-refractivity contribution < 1.29 is 0 Å². The van der Waals surface area contributed by atoms with Crippen LogP contribution in [0.4, 0.5) is 0 Å². The van der Waals surface area contributed by atoms with Gasteiger partial charge < -0.3 is 5.73 Å². The van der Waals surface area contributed by atoms with Crippen molar-refractivity contribution in [3.63, 3.8) is 0 Å². The van der Waals surface area contributed by atoms with Crippen LogP contribution < -0.4 is 5.73 Å². The SMILES string of the molecule is NCC1(Cc2ccc3c(c2)CCC3)CCCCC1. The van der Waals surface area contributed by atoms with Crippen molar-refractivity contribution in [2.75, 3.05) is 6.54 Å². The molecular formula is C17H25N. The number of aryl methyl sites for hydroxylation is 2. The van der Waals surface area contributed by atoms with Gasteiger partial charge in [-0.15, -0.1) is 0 Å². The Kier molecular flexibility index (Phi) is 3.43. The van der Waals surface area contributed by atoms with Crippen LogP contribution in [0.3, 0.4) is 0 Å². The van der Waals surface area contributed by atoms with Gasteiger partial charge in [-0.05, 0) is 67.2 Å². The van der Waals surface area contributed by atoms with E-state index in [2.05, 4.69) is 18.2 Å². The van der Waals surface area contributed by atoms with Crippen LogP contribution in [-0.2, 0) is 19.3 Å². The van der Waals surface area contributed by atoms with E-state index in [4.69, 9.17) is 5.73 Å². The first kappa shape index (κ1) is 12.2. The quantitative estimate of drug-likeness (QED) is 0.862. The maximum Gasteiger partial charge on any atom is -0.00173 e. The van der Waals surface area contributed by atoms with Crippen molar-refractivity contribution in [3.05, 3.63) is 34.9 Å². The minimum Gasteiger partial charge on any atom is -0.330 e. The van der Waals surface area contributed by atoms with Gasteiger partial charge in [0.25, 0.3) is 0 Å². The minimum absolute atomic E-state index is 0.408. The molecule has 2 N–H and O–H groups in total. The Hall–Kier alpha value is -0.820. The molecule has 1 nitrogen and oxygen atoms in total. The first-order valence-corrected chi connectivity index (χ1v) is 7.62. The molecule has 18 heavy (non-hydrogen) atoms. The third-order valence-electron chi connectivity index (χ3n) is 5.09. The predicted octanol–water partition coefficient (Wildman–Crippen LogP) is 3.63. The van der Waals surface area contributed by atoms with Gasteiger partial charge in [-0.2, -0.15) is 0 Å². The zero-order valence-corrected chi connectivity index (χ0v) is 11.4. The number of nitrogens with two attached hydrogens (primary N) is 1. The zero-order valence-electron chi connectivity index (χ0n) is 11.4. The molecule has 0 radical (unpaired) electrons. The zero-order chi connectivity index (χ0) is 12.4. The van der Waals surface area contributed by atoms with Crippen LogP contribution in [0, 0.1) is 5.41 Å². The summed E-state index contributed by atoms with van der Waals surface area (Å²) >= 11 is 0. The van der Waals surface area contributed by atoms with E-state index in [9.17, 15) is 0 Å². The Morgan fingerprint density at radius 1 is 0.944 bits per heavy atom. The summed E-state index contributed by atoms with van der Waals surface area (Å²) in [5.41, 5.74) is 11.2. The molecule has 0 saturated heterocycles. The molecule has 98 valence electrons. The number of hydrogen-bond donors (Lipinski definition) is 1. The maximum atomic E-state index is 6.10. The topological polar surface area (TPSA) is 26.0 Å². The molecule has 0 heterocycles. The second-order valence-electron chi connectivity index (χ2n) is 6.40. The highest BCUT2D eigenvalue weighted by molar-refractivity contribution is 5.35. The normalized spacial score (nSPS) is 21.8. The van der Waals surface area contributed by atoms with E-state index < -0.39 is 0 Å². The van der Waals surface area contributed by atoms with Crippen LogP contribution >= 0.6 is 0 Å². The van der Waals surface area contributed by atoms with E-state index in [1.54, 1.807) is 11.1 Å². The highest BCUT2D eigenvalue weighted by Gasteiger charge is 2.30. The summed E-state index contributed by atoms with van der Waals surface area (Å²) in [4.78, 5) is 0. The van der Waals surface area contributed by atoms with Crippen LogP contribution in [0.25, 0.3) is 0 Å². The summed E-state index contributed by atoms with van der Waals surface area (Å²) in [5, 5.41) is 0. The monoisotopic (exact) mass is 243 g/mol. The van der Waals surface area contributed by atoms with Gasteiger partial charge >= 0.3 is 0 Å². The lowest BCUT2D eigenvalue weighted by Gasteiger charge is -2.36. The van der Waals surface area contributed by atoms with Gasteiger partial charge in [0, 0.05) is 0 Å². The number of hydrogen-bond acceptors (Lipinski definition) is 1. The second-order valence-corrected chi connectivity index (χ2v) is 6.40. The van der Waals surface area contributed by atoms with Crippen LogP contribution in [0.2, 0.25) is 0 Å². The van der Waals surface area contributed by atoms with Gasteiger partial charge in [0.1, 0.15) is 0 Å². The molecule has 1 aromatic carbocycles. The number of benzene rings is 1. The van der Waals surface area contributed by atoms with Gasteiger partial charge in [-0.1, -0.05) is 37.5 Å². The summed E-state index contributed by atoms with van der Waals surface area (Å²) < 4.78 is 0. The van der Waals surface area contributed by atoms with Crippen molar-refractivity contribution in [1.82, 2.24) is 0 Å². The fraction of sp³-hybridized carbons (Fsp3) is 0.647. The molecule has 0 bridgehead atoms. The molecule has 2 aliphatic carbocycles. The Balaban J connectivity index is 1.78. The standard InChI is InChI=1S/C17H25N/c18-13-17(9-2-1-3-10-17)12-14-7-8-15-5-4-6-16(15)11-14/h7-8,11H,1-6,9-10,12-13,18H2. The minimum atomic E-state index is 0.408. The molecule has 0 atom stereocenters. The molecule has 2 aliphatic rings. The summed E-state index contributed by atoms with van der Waals surface area (Å²) in [7, 11) is 0. The lowest BCUT2D eigenvalue weighted by atomic mass is 9.70. The molecule has 1 saturated carbocycles. The van der Waals surface area contributed by atoms with E-state index in [0.717, 1.165) is 6.54 Å². The fourth-order valence-corrected chi connectivity index (χ4v) is 3.92. The van der Waals surface area contributed by atoms with Crippen molar-refractivity contribution in [1.29, 1.82) is 0 Å². The number of fused-ring (bicyclic) bond motifs is 1. The van der Waals surface area contributed by atoms with Crippen LogP contribution in [0.1, 0.15) is 55.2 Å². The average Bonchev–Trinajstić information content (AvgIpc) is 2.87. The summed E-state index contributed by atoms with van der Waals surface area (Å²) in [6.45, 7) is 0.865. The third-order valence-corrected chi connectivity index (χ3v) is 5.09. The van der Waals surface area contributed by atoms with E-state index in [1.807, 2.05) is 0 Å². The summed E-state index contributed by atoms with van der Waals surface area (Å²) in [6, 6.07) is 7.19. The first-order chi connectivity index (χ1) is 8.81. The van der Waals surface area contributed by atoms with Crippen molar-refractivity contribution in [2.24, 2.45) is 11.1 Å². The van der Waals surface area contributed by atoms with Gasteiger partial charge in [0.2, 0.25) is 0 Å². The molecule has 1 heteroatoms.